The van der Waals surface area contributed by atoms with E-state index in [1.165, 1.54) is 34.4 Å². The molecule has 0 spiro atoms. The predicted octanol–water partition coefficient (Wildman–Crippen LogP) is 4.98. The first-order valence-corrected chi connectivity index (χ1v) is 10.8. The zero-order chi connectivity index (χ0) is 18.5. The van der Waals surface area contributed by atoms with Crippen molar-refractivity contribution in [3.8, 4) is 0 Å². The van der Waals surface area contributed by atoms with Gasteiger partial charge in [0.25, 0.3) is 0 Å². The number of Topliss-reactive ketones (excluding diaryl/α,β-unsaturated/α-hetero) is 1. The standard InChI is InChI=1S/C19H18N2O2S3/c1-12-6-13(2)8-14(7-12)20-18(23)9-15-10-25-19(21-15)26-11-16(22)17-4-3-5-24-17/h3-8,10H,9,11H2,1-2H3,(H,20,23). The quantitative estimate of drug-likeness (QED) is 0.447. The lowest BCUT2D eigenvalue weighted by Crippen LogP contribution is -2.14. The number of nitrogens with zero attached hydrogens (tertiary/aromatic N) is 1. The summed E-state index contributed by atoms with van der Waals surface area (Å²) in [6.07, 6.45) is 0.225. The maximum atomic E-state index is 12.2. The van der Waals surface area contributed by atoms with Crippen LogP contribution < -0.4 is 5.32 Å². The first-order valence-electron chi connectivity index (χ1n) is 8.01. The molecule has 7 heteroatoms. The van der Waals surface area contributed by atoms with Crippen LogP contribution in [0, 0.1) is 13.8 Å². The molecule has 0 aliphatic rings. The first-order chi connectivity index (χ1) is 12.5. The number of nitrogens with one attached hydrogen (secondary N) is 1. The monoisotopic (exact) mass is 402 g/mol. The summed E-state index contributed by atoms with van der Waals surface area (Å²) in [6, 6.07) is 9.67. The highest BCUT2D eigenvalue weighted by atomic mass is 32.2. The van der Waals surface area contributed by atoms with Crippen molar-refractivity contribution in [1.82, 2.24) is 4.98 Å². The van der Waals surface area contributed by atoms with Crippen LogP contribution >= 0.6 is 34.4 Å². The molecule has 0 unspecified atom stereocenters. The molecule has 3 aromatic rings. The second kappa shape index (κ2) is 8.62. The molecule has 0 aliphatic carbocycles. The summed E-state index contributed by atoms with van der Waals surface area (Å²) < 4.78 is 0.809. The van der Waals surface area contributed by atoms with Crippen LogP contribution in [0.2, 0.25) is 0 Å². The minimum Gasteiger partial charge on any atom is -0.326 e. The van der Waals surface area contributed by atoms with Crippen molar-refractivity contribution < 1.29 is 9.59 Å². The molecule has 0 radical (unpaired) electrons. The number of carbonyl (C=O) groups excluding carboxylic acids is 2. The fourth-order valence-electron chi connectivity index (χ4n) is 2.49. The average molecular weight is 403 g/mol. The fraction of sp³-hybridized carbons (Fsp3) is 0.211. The van der Waals surface area contributed by atoms with Gasteiger partial charge < -0.3 is 5.32 Å². The van der Waals surface area contributed by atoms with Crippen molar-refractivity contribution in [3.05, 3.63) is 62.8 Å². The Hall–Kier alpha value is -1.96. The van der Waals surface area contributed by atoms with Crippen LogP contribution in [0.25, 0.3) is 0 Å². The van der Waals surface area contributed by atoms with Crippen molar-refractivity contribution in [2.75, 3.05) is 11.1 Å². The molecule has 134 valence electrons. The number of rotatable bonds is 7. The topological polar surface area (TPSA) is 59.1 Å². The predicted molar refractivity (Wildman–Crippen MR) is 110 cm³/mol. The van der Waals surface area contributed by atoms with E-state index >= 15 is 0 Å². The largest absolute Gasteiger partial charge is 0.326 e. The van der Waals surface area contributed by atoms with Crippen molar-refractivity contribution >= 4 is 51.8 Å². The third-order valence-electron chi connectivity index (χ3n) is 3.50. The maximum Gasteiger partial charge on any atom is 0.230 e. The number of anilines is 1. The third kappa shape index (κ3) is 5.27. The van der Waals surface area contributed by atoms with E-state index < -0.39 is 0 Å². The Morgan fingerprint density at radius 3 is 2.62 bits per heavy atom. The summed E-state index contributed by atoms with van der Waals surface area (Å²) in [4.78, 5) is 29.5. The first kappa shape index (κ1) is 18.8. The lowest BCUT2D eigenvalue weighted by Gasteiger charge is -2.06. The minimum atomic E-state index is -0.0912. The zero-order valence-electron chi connectivity index (χ0n) is 14.4. The molecule has 1 aromatic carbocycles. The molecule has 26 heavy (non-hydrogen) atoms. The Balaban J connectivity index is 1.52. The average Bonchev–Trinajstić information content (AvgIpc) is 3.23. The van der Waals surface area contributed by atoms with Crippen LogP contribution in [-0.2, 0) is 11.2 Å². The van der Waals surface area contributed by atoms with E-state index in [1.807, 2.05) is 48.9 Å². The lowest BCUT2D eigenvalue weighted by molar-refractivity contribution is -0.115. The zero-order valence-corrected chi connectivity index (χ0v) is 16.9. The van der Waals surface area contributed by atoms with Gasteiger partial charge in [0.2, 0.25) is 5.91 Å². The van der Waals surface area contributed by atoms with Gasteiger partial charge in [0, 0.05) is 11.1 Å². The molecule has 2 heterocycles. The van der Waals surface area contributed by atoms with Crippen LogP contribution in [0.4, 0.5) is 5.69 Å². The summed E-state index contributed by atoms with van der Waals surface area (Å²) in [6.45, 7) is 4.01. The van der Waals surface area contributed by atoms with Crippen LogP contribution in [0.1, 0.15) is 26.5 Å². The van der Waals surface area contributed by atoms with E-state index in [4.69, 9.17) is 0 Å². The number of thiazole rings is 1. The van der Waals surface area contributed by atoms with E-state index in [1.54, 1.807) is 0 Å². The fourth-order valence-corrected chi connectivity index (χ4v) is 4.97. The van der Waals surface area contributed by atoms with Gasteiger partial charge >= 0.3 is 0 Å². The summed E-state index contributed by atoms with van der Waals surface area (Å²) >= 11 is 4.33. The molecule has 1 amide bonds. The molecule has 1 N–H and O–H groups in total. The number of aryl methyl sites for hydroxylation is 2. The Bertz CT molecular complexity index is 897. The number of benzene rings is 1. The molecule has 0 bridgehead atoms. The van der Waals surface area contributed by atoms with Crippen LogP contribution in [-0.4, -0.2) is 22.4 Å². The number of hydrogen-bond donors (Lipinski definition) is 1. The maximum absolute atomic E-state index is 12.2. The van der Waals surface area contributed by atoms with Crippen molar-refractivity contribution in [2.45, 2.75) is 24.6 Å². The van der Waals surface area contributed by atoms with Crippen molar-refractivity contribution in [1.29, 1.82) is 0 Å². The van der Waals surface area contributed by atoms with E-state index in [0.29, 0.717) is 5.75 Å². The SMILES string of the molecule is Cc1cc(C)cc(NC(=O)Cc2csc(SCC(=O)c3cccs3)n2)c1. The Kier molecular flexibility index (Phi) is 6.24. The van der Waals surface area contributed by atoms with Crippen molar-refractivity contribution in [3.63, 3.8) is 0 Å². The summed E-state index contributed by atoms with van der Waals surface area (Å²) in [5, 5.41) is 6.69. The van der Waals surface area contributed by atoms with E-state index in [2.05, 4.69) is 16.4 Å². The van der Waals surface area contributed by atoms with Crippen LogP contribution in [0.15, 0.2) is 45.4 Å². The second-order valence-electron chi connectivity index (χ2n) is 5.90. The molecule has 0 saturated heterocycles. The number of aromatic nitrogens is 1. The molecule has 0 saturated carbocycles. The molecular weight excluding hydrogens is 384 g/mol. The Labute approximate surface area is 164 Å². The molecule has 0 aliphatic heterocycles. The second-order valence-corrected chi connectivity index (χ2v) is 8.92. The van der Waals surface area contributed by atoms with Crippen molar-refractivity contribution in [2.24, 2.45) is 0 Å². The van der Waals surface area contributed by atoms with Gasteiger partial charge in [-0.15, -0.1) is 22.7 Å². The molecular formula is C19H18N2O2S3. The Morgan fingerprint density at radius 1 is 1.15 bits per heavy atom. The molecule has 0 atom stereocenters. The minimum absolute atomic E-state index is 0.0912. The van der Waals surface area contributed by atoms with E-state index in [9.17, 15) is 9.59 Å². The van der Waals surface area contributed by atoms with Gasteiger partial charge in [0.05, 0.1) is 22.7 Å². The number of ketones is 1. The van der Waals surface area contributed by atoms with Gasteiger partial charge in [-0.1, -0.05) is 23.9 Å². The highest BCUT2D eigenvalue weighted by molar-refractivity contribution is 8.01. The van der Waals surface area contributed by atoms with Gasteiger partial charge in [-0.05, 0) is 48.6 Å². The van der Waals surface area contributed by atoms with Crippen LogP contribution in [0.5, 0.6) is 0 Å². The highest BCUT2D eigenvalue weighted by Gasteiger charge is 2.12. The van der Waals surface area contributed by atoms with Gasteiger partial charge in [-0.2, -0.15) is 0 Å². The normalized spacial score (nSPS) is 10.7. The third-order valence-corrected chi connectivity index (χ3v) is 6.48. The lowest BCUT2D eigenvalue weighted by atomic mass is 10.1. The number of hydrogen-bond acceptors (Lipinski definition) is 6. The highest BCUT2D eigenvalue weighted by Crippen LogP contribution is 2.25. The van der Waals surface area contributed by atoms with Gasteiger partial charge in [0.15, 0.2) is 10.1 Å². The molecule has 4 nitrogen and oxygen atoms in total. The number of thiophene rings is 1. The number of amides is 1. The Morgan fingerprint density at radius 2 is 1.92 bits per heavy atom. The summed E-state index contributed by atoms with van der Waals surface area (Å²) in [7, 11) is 0. The molecule has 2 aromatic heterocycles. The van der Waals surface area contributed by atoms with Gasteiger partial charge in [-0.25, -0.2) is 4.98 Å². The molecule has 3 rings (SSSR count). The van der Waals surface area contributed by atoms with Gasteiger partial charge in [0.1, 0.15) is 0 Å². The van der Waals surface area contributed by atoms with Gasteiger partial charge in [-0.3, -0.25) is 9.59 Å². The van der Waals surface area contributed by atoms with E-state index in [0.717, 1.165) is 31.7 Å². The molecule has 0 fully saturated rings. The summed E-state index contributed by atoms with van der Waals surface area (Å²) in [5.41, 5.74) is 3.76. The smallest absolute Gasteiger partial charge is 0.230 e. The number of carbonyl (C=O) groups is 2. The van der Waals surface area contributed by atoms with Crippen LogP contribution in [0.3, 0.4) is 0 Å². The summed E-state index contributed by atoms with van der Waals surface area (Å²) in [5.74, 6) is 0.378. The van der Waals surface area contributed by atoms with E-state index in [-0.39, 0.29) is 18.1 Å². The number of thioether (sulfide) groups is 1.